The number of nitrogens with zero attached hydrogens (tertiary/aromatic N) is 3. The molecule has 17 heavy (non-hydrogen) atoms. The van der Waals surface area contributed by atoms with Gasteiger partial charge in [-0.25, -0.2) is 4.79 Å². The summed E-state index contributed by atoms with van der Waals surface area (Å²) in [4.78, 5) is 12.1. The van der Waals surface area contributed by atoms with Crippen LogP contribution in [0.4, 0.5) is 0 Å². The van der Waals surface area contributed by atoms with Crippen LogP contribution in [0.3, 0.4) is 0 Å². The van der Waals surface area contributed by atoms with Gasteiger partial charge >= 0.3 is 5.97 Å². The van der Waals surface area contributed by atoms with Crippen molar-refractivity contribution in [2.45, 2.75) is 19.9 Å². The second-order valence-corrected chi connectivity index (χ2v) is 3.69. The minimum Gasteiger partial charge on any atom is -0.476 e. The Labute approximate surface area is 98.7 Å². The average molecular weight is 231 g/mol. The lowest BCUT2D eigenvalue weighted by atomic mass is 10.1. The van der Waals surface area contributed by atoms with E-state index >= 15 is 0 Å². The van der Waals surface area contributed by atoms with E-state index in [-0.39, 0.29) is 5.69 Å². The highest BCUT2D eigenvalue weighted by Crippen LogP contribution is 2.10. The number of rotatable bonds is 4. The molecule has 5 heteroatoms. The maximum Gasteiger partial charge on any atom is 0.358 e. The summed E-state index contributed by atoms with van der Waals surface area (Å²) in [6.45, 7) is 2.58. The van der Waals surface area contributed by atoms with Crippen LogP contribution in [-0.4, -0.2) is 26.1 Å². The van der Waals surface area contributed by atoms with Crippen molar-refractivity contribution in [3.8, 4) is 0 Å². The van der Waals surface area contributed by atoms with Gasteiger partial charge in [0.15, 0.2) is 5.69 Å². The predicted octanol–water partition coefficient (Wildman–Crippen LogP) is 1.59. The highest BCUT2D eigenvalue weighted by molar-refractivity contribution is 5.84. The molecule has 0 saturated carbocycles. The summed E-state index contributed by atoms with van der Waals surface area (Å²) < 4.78 is 0. The van der Waals surface area contributed by atoms with Crippen LogP contribution in [0.15, 0.2) is 30.5 Å². The Bertz CT molecular complexity index is 534. The first-order valence-electron chi connectivity index (χ1n) is 5.41. The number of benzene rings is 1. The van der Waals surface area contributed by atoms with Gasteiger partial charge in [-0.15, -0.1) is 5.10 Å². The molecular weight excluding hydrogens is 218 g/mol. The van der Waals surface area contributed by atoms with Crippen LogP contribution in [0, 0.1) is 0 Å². The van der Waals surface area contributed by atoms with Crippen molar-refractivity contribution < 1.29 is 9.90 Å². The number of aryl methyl sites for hydroxylation is 1. The molecule has 88 valence electrons. The fraction of sp³-hybridized carbons (Fsp3) is 0.250. The smallest absolute Gasteiger partial charge is 0.358 e. The highest BCUT2D eigenvalue weighted by atomic mass is 16.4. The van der Waals surface area contributed by atoms with Gasteiger partial charge in [0.1, 0.15) is 0 Å². The number of hydrogen-bond acceptors (Lipinski definition) is 3. The van der Waals surface area contributed by atoms with Gasteiger partial charge in [0.25, 0.3) is 0 Å². The fourth-order valence-corrected chi connectivity index (χ4v) is 1.68. The van der Waals surface area contributed by atoms with E-state index in [1.54, 1.807) is 0 Å². The summed E-state index contributed by atoms with van der Waals surface area (Å²) in [5.41, 5.74) is 2.31. The zero-order valence-electron chi connectivity index (χ0n) is 9.50. The van der Waals surface area contributed by atoms with Crippen molar-refractivity contribution in [1.82, 2.24) is 15.0 Å². The normalized spacial score (nSPS) is 10.4. The van der Waals surface area contributed by atoms with Crippen LogP contribution in [0.2, 0.25) is 0 Å². The summed E-state index contributed by atoms with van der Waals surface area (Å²) in [6.07, 6.45) is 2.19. The third-order valence-electron chi connectivity index (χ3n) is 2.57. The lowest BCUT2D eigenvalue weighted by Gasteiger charge is -2.06. The van der Waals surface area contributed by atoms with Crippen molar-refractivity contribution in [3.63, 3.8) is 0 Å². The molecule has 0 aliphatic rings. The number of aromatic nitrogens is 3. The lowest BCUT2D eigenvalue weighted by molar-refractivity contribution is 0.0689. The standard InChI is InChI=1S/C12H13N3O2/c1-2-9-5-3-4-6-10(9)8-15-13-7-11(14-15)12(16)17/h3-7H,2,8H2,1H3,(H,16,17). The zero-order valence-corrected chi connectivity index (χ0v) is 9.50. The molecule has 1 aromatic heterocycles. The van der Waals surface area contributed by atoms with Crippen LogP contribution < -0.4 is 0 Å². The Kier molecular flexibility index (Phi) is 3.18. The minimum absolute atomic E-state index is 0.0287. The van der Waals surface area contributed by atoms with Crippen LogP contribution in [0.5, 0.6) is 0 Å². The molecule has 0 bridgehead atoms. The van der Waals surface area contributed by atoms with Crippen molar-refractivity contribution in [3.05, 3.63) is 47.3 Å². The van der Waals surface area contributed by atoms with Gasteiger partial charge < -0.3 is 5.11 Å². The number of carboxylic acids is 1. The average Bonchev–Trinajstić information content (AvgIpc) is 2.78. The summed E-state index contributed by atoms with van der Waals surface area (Å²) in [5.74, 6) is -1.06. The molecular formula is C12H13N3O2. The van der Waals surface area contributed by atoms with Crippen molar-refractivity contribution >= 4 is 5.97 Å². The van der Waals surface area contributed by atoms with E-state index in [4.69, 9.17) is 5.11 Å². The first-order valence-corrected chi connectivity index (χ1v) is 5.41. The van der Waals surface area contributed by atoms with Crippen LogP contribution >= 0.6 is 0 Å². The Morgan fingerprint density at radius 3 is 2.65 bits per heavy atom. The van der Waals surface area contributed by atoms with E-state index in [1.165, 1.54) is 16.6 Å². The molecule has 0 aliphatic carbocycles. The minimum atomic E-state index is -1.06. The van der Waals surface area contributed by atoms with E-state index < -0.39 is 5.97 Å². The fourth-order valence-electron chi connectivity index (χ4n) is 1.68. The molecule has 5 nitrogen and oxygen atoms in total. The first-order chi connectivity index (χ1) is 8.20. The molecule has 0 atom stereocenters. The van der Waals surface area contributed by atoms with Gasteiger partial charge in [-0.05, 0) is 17.5 Å². The Morgan fingerprint density at radius 1 is 1.35 bits per heavy atom. The second kappa shape index (κ2) is 4.78. The quantitative estimate of drug-likeness (QED) is 0.867. The number of aromatic carboxylic acids is 1. The van der Waals surface area contributed by atoms with Gasteiger partial charge in [-0.2, -0.15) is 9.90 Å². The predicted molar refractivity (Wildman–Crippen MR) is 61.9 cm³/mol. The third-order valence-corrected chi connectivity index (χ3v) is 2.57. The molecule has 1 heterocycles. The van der Waals surface area contributed by atoms with E-state index in [0.717, 1.165) is 12.0 Å². The van der Waals surface area contributed by atoms with E-state index in [2.05, 4.69) is 23.2 Å². The molecule has 0 spiro atoms. The van der Waals surface area contributed by atoms with E-state index in [0.29, 0.717) is 6.54 Å². The zero-order chi connectivity index (χ0) is 12.3. The number of carbonyl (C=O) groups is 1. The SMILES string of the molecule is CCc1ccccc1Cn1ncc(C(=O)O)n1. The molecule has 0 radical (unpaired) electrons. The van der Waals surface area contributed by atoms with Crippen molar-refractivity contribution in [2.24, 2.45) is 0 Å². The summed E-state index contributed by atoms with van der Waals surface area (Å²) in [6, 6.07) is 8.00. The monoisotopic (exact) mass is 231 g/mol. The summed E-state index contributed by atoms with van der Waals surface area (Å²) in [5, 5.41) is 16.6. The number of hydrogen-bond donors (Lipinski definition) is 1. The largest absolute Gasteiger partial charge is 0.476 e. The highest BCUT2D eigenvalue weighted by Gasteiger charge is 2.09. The number of carboxylic acid groups (broad SMARTS) is 1. The van der Waals surface area contributed by atoms with E-state index in [9.17, 15) is 4.79 Å². The summed E-state index contributed by atoms with van der Waals surface area (Å²) in [7, 11) is 0. The van der Waals surface area contributed by atoms with Crippen LogP contribution in [0.1, 0.15) is 28.5 Å². The maximum absolute atomic E-state index is 10.7. The Morgan fingerprint density at radius 2 is 2.06 bits per heavy atom. The second-order valence-electron chi connectivity index (χ2n) is 3.69. The van der Waals surface area contributed by atoms with Crippen LogP contribution in [-0.2, 0) is 13.0 Å². The van der Waals surface area contributed by atoms with E-state index in [1.807, 2.05) is 18.2 Å². The van der Waals surface area contributed by atoms with Crippen molar-refractivity contribution in [1.29, 1.82) is 0 Å². The molecule has 2 rings (SSSR count). The topological polar surface area (TPSA) is 68.0 Å². The van der Waals surface area contributed by atoms with Crippen molar-refractivity contribution in [2.75, 3.05) is 0 Å². The van der Waals surface area contributed by atoms with Gasteiger partial charge in [0.2, 0.25) is 0 Å². The Balaban J connectivity index is 2.22. The van der Waals surface area contributed by atoms with Gasteiger partial charge in [-0.1, -0.05) is 31.2 Å². The molecule has 1 N–H and O–H groups in total. The molecule has 0 saturated heterocycles. The molecule has 0 amide bonds. The maximum atomic E-state index is 10.7. The first kappa shape index (κ1) is 11.3. The van der Waals surface area contributed by atoms with Crippen LogP contribution in [0.25, 0.3) is 0 Å². The third kappa shape index (κ3) is 2.50. The van der Waals surface area contributed by atoms with Gasteiger partial charge in [0, 0.05) is 0 Å². The lowest BCUT2D eigenvalue weighted by Crippen LogP contribution is -2.07. The molecule has 0 fully saturated rings. The Hall–Kier alpha value is -2.17. The molecule has 1 aromatic carbocycles. The van der Waals surface area contributed by atoms with Gasteiger partial charge in [-0.3, -0.25) is 0 Å². The summed E-state index contributed by atoms with van der Waals surface area (Å²) >= 11 is 0. The van der Waals surface area contributed by atoms with Gasteiger partial charge in [0.05, 0.1) is 12.7 Å². The molecule has 2 aromatic rings. The molecule has 0 unspecified atom stereocenters. The molecule has 0 aliphatic heterocycles.